The fourth-order valence-electron chi connectivity index (χ4n) is 3.01. The molecule has 0 bridgehead atoms. The first-order valence-electron chi connectivity index (χ1n) is 8.86. The second-order valence-corrected chi connectivity index (χ2v) is 7.05. The molecule has 0 spiro atoms. The minimum Gasteiger partial charge on any atom is -0.298 e. The van der Waals surface area contributed by atoms with Gasteiger partial charge in [0, 0.05) is 23.3 Å². The van der Waals surface area contributed by atoms with E-state index in [2.05, 4.69) is 25.4 Å². The number of rotatable bonds is 4. The Balaban J connectivity index is 1.44. The third-order valence-electron chi connectivity index (χ3n) is 4.37. The largest absolute Gasteiger partial charge is 0.298 e. The Labute approximate surface area is 169 Å². The number of benzene rings is 1. The van der Waals surface area contributed by atoms with Crippen LogP contribution in [0.25, 0.3) is 28.3 Å². The molecule has 0 aliphatic rings. The van der Waals surface area contributed by atoms with Gasteiger partial charge in [-0.15, -0.1) is 11.3 Å². The third-order valence-corrected chi connectivity index (χ3v) is 5.13. The highest BCUT2D eigenvalue weighted by molar-refractivity contribution is 7.14. The van der Waals surface area contributed by atoms with Crippen molar-refractivity contribution in [2.45, 2.75) is 0 Å². The lowest BCUT2D eigenvalue weighted by Gasteiger charge is -2.05. The van der Waals surface area contributed by atoms with Gasteiger partial charge in [0.1, 0.15) is 11.3 Å². The molecule has 0 saturated heterocycles. The number of thiazole rings is 1. The molecule has 4 heterocycles. The van der Waals surface area contributed by atoms with E-state index < -0.39 is 0 Å². The molecule has 0 radical (unpaired) electrons. The van der Waals surface area contributed by atoms with Crippen LogP contribution in [0.1, 0.15) is 10.4 Å². The molecule has 4 aromatic heterocycles. The molecule has 0 aliphatic carbocycles. The monoisotopic (exact) mass is 398 g/mol. The summed E-state index contributed by atoms with van der Waals surface area (Å²) in [5.74, 6) is -0.306. The highest BCUT2D eigenvalue weighted by atomic mass is 32.1. The first-order valence-corrected chi connectivity index (χ1v) is 9.74. The third kappa shape index (κ3) is 3.26. The number of fused-ring (bicyclic) bond motifs is 1. The summed E-state index contributed by atoms with van der Waals surface area (Å²) in [4.78, 5) is 25.9. The zero-order valence-corrected chi connectivity index (χ0v) is 15.9. The minimum absolute atomic E-state index is 0.306. The van der Waals surface area contributed by atoms with Crippen molar-refractivity contribution in [2.75, 3.05) is 5.32 Å². The number of carbonyl (C=O) groups is 1. The lowest BCUT2D eigenvalue weighted by Crippen LogP contribution is -2.12. The Bertz CT molecular complexity index is 1300. The van der Waals surface area contributed by atoms with Crippen LogP contribution in [-0.4, -0.2) is 30.5 Å². The van der Waals surface area contributed by atoms with Gasteiger partial charge in [-0.25, -0.2) is 14.5 Å². The van der Waals surface area contributed by atoms with Crippen molar-refractivity contribution in [3.63, 3.8) is 0 Å². The molecule has 1 aromatic carbocycles. The molecule has 1 N–H and O–H groups in total. The van der Waals surface area contributed by atoms with Crippen LogP contribution in [0.4, 0.5) is 5.13 Å². The summed E-state index contributed by atoms with van der Waals surface area (Å²) >= 11 is 1.34. The molecular formula is C21H14N6OS. The maximum atomic E-state index is 12.8. The zero-order valence-electron chi connectivity index (χ0n) is 15.1. The molecule has 0 aliphatic heterocycles. The van der Waals surface area contributed by atoms with E-state index in [0.717, 1.165) is 22.6 Å². The van der Waals surface area contributed by atoms with Crippen LogP contribution < -0.4 is 5.32 Å². The lowest BCUT2D eigenvalue weighted by atomic mass is 10.1. The van der Waals surface area contributed by atoms with E-state index in [1.807, 2.05) is 60.0 Å². The molecule has 5 rings (SSSR count). The van der Waals surface area contributed by atoms with Crippen molar-refractivity contribution in [3.05, 3.63) is 84.1 Å². The predicted octanol–water partition coefficient (Wildman–Crippen LogP) is 4.17. The smallest absolute Gasteiger partial charge is 0.262 e. The van der Waals surface area contributed by atoms with E-state index in [-0.39, 0.29) is 5.91 Å². The van der Waals surface area contributed by atoms with Gasteiger partial charge in [0.05, 0.1) is 17.6 Å². The first kappa shape index (κ1) is 17.2. The molecule has 1 amide bonds. The van der Waals surface area contributed by atoms with Gasteiger partial charge < -0.3 is 0 Å². The lowest BCUT2D eigenvalue weighted by molar-refractivity contribution is 0.102. The molecule has 0 unspecified atom stereocenters. The number of nitrogens with zero attached hydrogens (tertiary/aromatic N) is 5. The average Bonchev–Trinajstić information content (AvgIpc) is 3.42. The molecular weight excluding hydrogens is 384 g/mol. The van der Waals surface area contributed by atoms with Gasteiger partial charge in [-0.3, -0.25) is 15.1 Å². The number of pyridine rings is 1. The number of carbonyl (C=O) groups excluding carboxylic acids is 1. The van der Waals surface area contributed by atoms with Crippen molar-refractivity contribution in [1.29, 1.82) is 0 Å². The Kier molecular flexibility index (Phi) is 4.30. The van der Waals surface area contributed by atoms with Crippen LogP contribution >= 0.6 is 11.3 Å². The summed E-state index contributed by atoms with van der Waals surface area (Å²) in [6, 6.07) is 17.3. The van der Waals surface area contributed by atoms with Crippen LogP contribution in [0.2, 0.25) is 0 Å². The van der Waals surface area contributed by atoms with Crippen LogP contribution in [0, 0.1) is 0 Å². The minimum atomic E-state index is -0.306. The Morgan fingerprint density at radius 2 is 1.79 bits per heavy atom. The molecule has 140 valence electrons. The van der Waals surface area contributed by atoms with Gasteiger partial charge in [-0.1, -0.05) is 36.4 Å². The summed E-state index contributed by atoms with van der Waals surface area (Å²) < 4.78 is 1.67. The van der Waals surface area contributed by atoms with Crippen molar-refractivity contribution in [3.8, 4) is 22.6 Å². The maximum absolute atomic E-state index is 12.8. The van der Waals surface area contributed by atoms with E-state index in [9.17, 15) is 4.79 Å². The van der Waals surface area contributed by atoms with Gasteiger partial charge >= 0.3 is 0 Å². The van der Waals surface area contributed by atoms with Crippen LogP contribution in [0.5, 0.6) is 0 Å². The Hall–Kier alpha value is -3.91. The van der Waals surface area contributed by atoms with Crippen LogP contribution in [0.3, 0.4) is 0 Å². The first-order chi connectivity index (χ1) is 14.3. The number of amides is 1. The molecule has 0 saturated carbocycles. The van der Waals surface area contributed by atoms with Gasteiger partial charge in [0.15, 0.2) is 10.8 Å². The number of hydrogen-bond acceptors (Lipinski definition) is 6. The van der Waals surface area contributed by atoms with Crippen molar-refractivity contribution < 1.29 is 4.79 Å². The zero-order chi connectivity index (χ0) is 19.6. The van der Waals surface area contributed by atoms with Crippen molar-refractivity contribution in [1.82, 2.24) is 24.6 Å². The maximum Gasteiger partial charge on any atom is 0.262 e. The van der Waals surface area contributed by atoms with Gasteiger partial charge in [-0.2, -0.15) is 5.10 Å². The van der Waals surface area contributed by atoms with E-state index in [1.54, 1.807) is 16.9 Å². The van der Waals surface area contributed by atoms with E-state index in [0.29, 0.717) is 16.3 Å². The second kappa shape index (κ2) is 7.25. The van der Waals surface area contributed by atoms with E-state index in [4.69, 9.17) is 0 Å². The number of anilines is 1. The number of hydrogen-bond donors (Lipinski definition) is 1. The molecule has 29 heavy (non-hydrogen) atoms. The molecule has 0 fully saturated rings. The molecule has 5 aromatic rings. The Morgan fingerprint density at radius 3 is 2.62 bits per heavy atom. The Morgan fingerprint density at radius 1 is 0.931 bits per heavy atom. The van der Waals surface area contributed by atoms with Gasteiger partial charge in [0.2, 0.25) is 0 Å². The topological polar surface area (TPSA) is 85.1 Å². The van der Waals surface area contributed by atoms with E-state index >= 15 is 0 Å². The van der Waals surface area contributed by atoms with Crippen molar-refractivity contribution >= 4 is 28.0 Å². The summed E-state index contributed by atoms with van der Waals surface area (Å²) in [5.41, 5.74) is 4.21. The normalized spacial score (nSPS) is 10.9. The summed E-state index contributed by atoms with van der Waals surface area (Å²) in [7, 11) is 0. The highest BCUT2D eigenvalue weighted by Crippen LogP contribution is 2.25. The van der Waals surface area contributed by atoms with Crippen LogP contribution in [0.15, 0.2) is 78.6 Å². The summed E-state index contributed by atoms with van der Waals surface area (Å²) in [5, 5.41) is 9.57. The van der Waals surface area contributed by atoms with Crippen LogP contribution in [-0.2, 0) is 0 Å². The fraction of sp³-hybridized carbons (Fsp3) is 0. The molecule has 7 nitrogen and oxygen atoms in total. The van der Waals surface area contributed by atoms with Gasteiger partial charge in [-0.05, 0) is 18.2 Å². The second-order valence-electron chi connectivity index (χ2n) is 6.20. The fourth-order valence-corrected chi connectivity index (χ4v) is 3.71. The standard InChI is InChI=1S/C21H14N6OS/c28-20(26-21-25-17(13-29-21)16-8-4-5-10-22-16)15-12-24-27-18(9-11-23-19(15)27)14-6-2-1-3-7-14/h1-13H,(H,25,26,28). The summed E-state index contributed by atoms with van der Waals surface area (Å²) in [6.07, 6.45) is 4.91. The van der Waals surface area contributed by atoms with Gasteiger partial charge in [0.25, 0.3) is 5.91 Å². The van der Waals surface area contributed by atoms with E-state index in [1.165, 1.54) is 17.5 Å². The average molecular weight is 398 g/mol. The molecule has 8 heteroatoms. The SMILES string of the molecule is O=C(Nc1nc(-c2ccccn2)cs1)c1cnn2c(-c3ccccc3)ccnc12. The summed E-state index contributed by atoms with van der Waals surface area (Å²) in [6.45, 7) is 0. The quantitative estimate of drug-likeness (QED) is 0.491. The van der Waals surface area contributed by atoms with Crippen molar-refractivity contribution in [2.24, 2.45) is 0 Å². The predicted molar refractivity (Wildman–Crippen MR) is 112 cm³/mol. The molecule has 0 atom stereocenters. The number of aromatic nitrogens is 5. The number of nitrogens with one attached hydrogen (secondary N) is 1. The highest BCUT2D eigenvalue weighted by Gasteiger charge is 2.17.